The van der Waals surface area contributed by atoms with Gasteiger partial charge in [-0.15, -0.1) is 8.78 Å². The molecule has 0 saturated heterocycles. The van der Waals surface area contributed by atoms with Crippen LogP contribution in [0.5, 0.6) is 0 Å². The van der Waals surface area contributed by atoms with Crippen molar-refractivity contribution in [1.82, 2.24) is 9.80 Å². The summed E-state index contributed by atoms with van der Waals surface area (Å²) in [4.78, 5) is 35.9. The van der Waals surface area contributed by atoms with Crippen LogP contribution in [0.25, 0.3) is 24.3 Å². The topological polar surface area (TPSA) is 65.1 Å². The first kappa shape index (κ1) is 45.0. The predicted molar refractivity (Wildman–Crippen MR) is 236 cm³/mol. The normalized spacial score (nSPS) is 11.4. The van der Waals surface area contributed by atoms with Crippen LogP contribution in [-0.4, -0.2) is 87.5 Å². The van der Waals surface area contributed by atoms with Crippen molar-refractivity contribution in [3.05, 3.63) is 119 Å². The van der Waals surface area contributed by atoms with E-state index in [2.05, 4.69) is 65.3 Å². The van der Waals surface area contributed by atoms with Crippen LogP contribution in [0.4, 0.5) is 20.2 Å². The Bertz CT molecular complexity index is 1910. The number of H-pyrrole nitrogens is 1. The Kier molecular flexibility index (Phi) is 19.1. The number of benzene rings is 2. The van der Waals surface area contributed by atoms with E-state index in [1.54, 1.807) is 41.0 Å². The van der Waals surface area contributed by atoms with E-state index in [1.165, 1.54) is 16.7 Å². The van der Waals surface area contributed by atoms with E-state index < -0.39 is 0 Å². The van der Waals surface area contributed by atoms with Gasteiger partial charge in [0, 0.05) is 114 Å². The molecule has 4 rings (SSSR count). The van der Waals surface area contributed by atoms with Crippen LogP contribution in [0.3, 0.4) is 0 Å². The SMILES string of the molecule is CN(CCCN(C)c1ccc(/C=C/c2cc[nH+]c(F)c2)cc1)C(=O)CCCSSCCCC(=O)N(C)CCCN(C)c1ccc(/C=C/c2cc[n+](C)c(F)c2)cc1. The number of nitrogens with one attached hydrogen (secondary N) is 1. The maximum absolute atomic E-state index is 13.8. The summed E-state index contributed by atoms with van der Waals surface area (Å²) >= 11 is 0. The molecule has 2 amide bonds. The van der Waals surface area contributed by atoms with Gasteiger partial charge in [0.25, 0.3) is 0 Å². The van der Waals surface area contributed by atoms with Crippen LogP contribution >= 0.6 is 21.6 Å². The highest BCUT2D eigenvalue weighted by atomic mass is 33.1. The van der Waals surface area contributed by atoms with Crippen LogP contribution in [0.15, 0.2) is 85.2 Å². The molecule has 0 saturated carbocycles. The van der Waals surface area contributed by atoms with E-state index in [-0.39, 0.29) is 23.7 Å². The number of carbonyl (C=O) groups excluding carboxylic acids is 2. The average Bonchev–Trinajstić information content (AvgIpc) is 3.21. The molecule has 4 aromatic rings. The third kappa shape index (κ3) is 16.4. The minimum Gasteiger partial charge on any atom is -0.375 e. The lowest BCUT2D eigenvalue weighted by atomic mass is 10.1. The number of nitrogens with zero attached hydrogens (tertiary/aromatic N) is 5. The highest BCUT2D eigenvalue weighted by Crippen LogP contribution is 2.24. The highest BCUT2D eigenvalue weighted by molar-refractivity contribution is 8.76. The van der Waals surface area contributed by atoms with E-state index in [1.807, 2.05) is 72.5 Å². The van der Waals surface area contributed by atoms with Crippen molar-refractivity contribution in [1.29, 1.82) is 0 Å². The number of hydrogen-bond donors (Lipinski definition) is 0. The van der Waals surface area contributed by atoms with E-state index in [0.717, 1.165) is 83.9 Å². The molecular formula is C45H58F2N6O2S2+2. The van der Waals surface area contributed by atoms with Crippen LogP contribution in [0.1, 0.15) is 60.8 Å². The fourth-order valence-corrected chi connectivity index (χ4v) is 8.12. The third-order valence-electron chi connectivity index (χ3n) is 9.65. The van der Waals surface area contributed by atoms with Crippen LogP contribution in [0, 0.1) is 11.9 Å². The highest BCUT2D eigenvalue weighted by Gasteiger charge is 2.11. The maximum Gasteiger partial charge on any atom is 0.359 e. The maximum atomic E-state index is 13.8. The summed E-state index contributed by atoms with van der Waals surface area (Å²) in [6.07, 6.45) is 15.5. The number of aromatic amines is 1. The molecule has 8 nitrogen and oxygen atoms in total. The van der Waals surface area contributed by atoms with Crippen LogP contribution in [-0.2, 0) is 16.6 Å². The molecule has 0 bridgehead atoms. The van der Waals surface area contributed by atoms with Crippen molar-refractivity contribution < 1.29 is 27.9 Å². The van der Waals surface area contributed by atoms with Gasteiger partial charge in [0.1, 0.15) is 7.05 Å². The van der Waals surface area contributed by atoms with Crippen LogP contribution in [0.2, 0.25) is 0 Å². The Hall–Kier alpha value is -4.68. The van der Waals surface area contributed by atoms with Gasteiger partial charge in [-0.05, 0) is 72.2 Å². The summed E-state index contributed by atoms with van der Waals surface area (Å²) in [6, 6.07) is 23.2. The van der Waals surface area contributed by atoms with Crippen LogP contribution < -0.4 is 19.4 Å². The number of hydrogen-bond acceptors (Lipinski definition) is 6. The molecule has 304 valence electrons. The molecule has 0 fully saturated rings. The summed E-state index contributed by atoms with van der Waals surface area (Å²) < 4.78 is 28.6. The van der Waals surface area contributed by atoms with E-state index in [9.17, 15) is 18.4 Å². The molecule has 0 unspecified atom stereocenters. The summed E-state index contributed by atoms with van der Waals surface area (Å²) in [5.74, 6) is 1.53. The van der Waals surface area contributed by atoms with Gasteiger partial charge in [0.2, 0.25) is 11.8 Å². The van der Waals surface area contributed by atoms with Crippen molar-refractivity contribution in [2.45, 2.75) is 38.5 Å². The number of amides is 2. The molecule has 0 radical (unpaired) electrons. The first-order chi connectivity index (χ1) is 27.5. The van der Waals surface area contributed by atoms with Gasteiger partial charge in [0.15, 0.2) is 12.4 Å². The first-order valence-corrected chi connectivity index (χ1v) is 22.0. The summed E-state index contributed by atoms with van der Waals surface area (Å²) in [6.45, 7) is 3.10. The minimum absolute atomic E-state index is 0.175. The second-order valence-corrected chi connectivity index (χ2v) is 16.9. The zero-order chi connectivity index (χ0) is 41.0. The standard InChI is InChI=1S/C45H57F2N6O2S2/c1-49(40-20-16-36(17-21-40)12-14-38-24-26-48-42(46)34-38)27-8-29-52(4)44(54)10-6-32-56-57-33-7-11-45(55)53(5)30-9-28-50(2)41-22-18-37(19-23-41)13-15-39-25-31-51(3)43(47)35-39/h12-26,31,34-35H,6-11,27-30,32-33H2,1-5H3/q+1/p+1/b14-12+. The molecule has 0 aliphatic carbocycles. The van der Waals surface area contributed by atoms with Crippen molar-refractivity contribution >= 4 is 69.1 Å². The molecule has 2 heterocycles. The Morgan fingerprint density at radius 1 is 0.614 bits per heavy atom. The number of aromatic nitrogens is 2. The van der Waals surface area contributed by atoms with Gasteiger partial charge in [0.05, 0.1) is 0 Å². The fraction of sp³-hybridized carbons (Fsp3) is 0.378. The minimum atomic E-state index is -0.366. The molecule has 0 aliphatic heterocycles. The van der Waals surface area contributed by atoms with Gasteiger partial charge < -0.3 is 19.6 Å². The summed E-state index contributed by atoms with van der Waals surface area (Å²) in [7, 11) is 13.1. The Labute approximate surface area is 346 Å². The Balaban J connectivity index is 0.987. The number of pyridine rings is 2. The third-order valence-corrected chi connectivity index (χ3v) is 12.2. The first-order valence-electron chi connectivity index (χ1n) is 19.5. The monoisotopic (exact) mass is 816 g/mol. The van der Waals surface area contributed by atoms with Crippen molar-refractivity contribution in [3.8, 4) is 0 Å². The zero-order valence-corrected chi connectivity index (χ0v) is 35.6. The van der Waals surface area contributed by atoms with Gasteiger partial charge >= 0.3 is 11.9 Å². The summed E-state index contributed by atoms with van der Waals surface area (Å²) in [5.41, 5.74) is 5.91. The lowest BCUT2D eigenvalue weighted by Crippen LogP contribution is -2.32. The lowest BCUT2D eigenvalue weighted by Gasteiger charge is -2.22. The van der Waals surface area contributed by atoms with Crippen molar-refractivity contribution in [3.63, 3.8) is 0 Å². The molecule has 12 heteroatoms. The molecule has 57 heavy (non-hydrogen) atoms. The molecule has 1 N–H and O–H groups in total. The molecule has 0 atom stereocenters. The molecule has 0 spiro atoms. The molecular weight excluding hydrogens is 759 g/mol. The second kappa shape index (κ2) is 24.2. The van der Waals surface area contributed by atoms with Crippen molar-refractivity contribution in [2.24, 2.45) is 7.05 Å². The molecule has 0 aliphatic rings. The van der Waals surface area contributed by atoms with Gasteiger partial charge in [-0.2, -0.15) is 9.55 Å². The Morgan fingerprint density at radius 2 is 1.07 bits per heavy atom. The summed E-state index contributed by atoms with van der Waals surface area (Å²) in [5, 5.41) is 0. The second-order valence-electron chi connectivity index (χ2n) is 14.2. The van der Waals surface area contributed by atoms with Gasteiger partial charge in [-0.1, -0.05) is 70.2 Å². The van der Waals surface area contributed by atoms with Gasteiger partial charge in [-0.3, -0.25) is 9.59 Å². The molecule has 2 aromatic heterocycles. The Morgan fingerprint density at radius 3 is 1.53 bits per heavy atom. The lowest BCUT2D eigenvalue weighted by molar-refractivity contribution is -0.700. The zero-order valence-electron chi connectivity index (χ0n) is 34.0. The van der Waals surface area contributed by atoms with E-state index in [0.29, 0.717) is 25.9 Å². The smallest absolute Gasteiger partial charge is 0.359 e. The number of halogens is 2. The largest absolute Gasteiger partial charge is 0.375 e. The number of anilines is 2. The van der Waals surface area contributed by atoms with E-state index >= 15 is 0 Å². The van der Waals surface area contributed by atoms with Crippen molar-refractivity contribution in [2.75, 3.05) is 75.7 Å². The number of carbonyl (C=O) groups is 2. The number of aryl methyl sites for hydroxylation is 1. The number of rotatable bonds is 23. The molecule has 2 aromatic carbocycles. The van der Waals surface area contributed by atoms with E-state index in [4.69, 9.17) is 0 Å². The fourth-order valence-electron chi connectivity index (χ4n) is 5.94. The quantitative estimate of drug-likeness (QED) is 0.0326. The average molecular weight is 817 g/mol. The predicted octanol–water partition coefficient (Wildman–Crippen LogP) is 8.16. The van der Waals surface area contributed by atoms with Gasteiger partial charge in [-0.25, -0.2) is 0 Å².